The van der Waals surface area contributed by atoms with Crippen molar-refractivity contribution in [3.05, 3.63) is 23.5 Å². The average Bonchev–Trinajstić information content (AvgIpc) is 2.69. The zero-order valence-corrected chi connectivity index (χ0v) is 10.1. The Hall–Kier alpha value is -1.33. The van der Waals surface area contributed by atoms with Crippen LogP contribution in [0.3, 0.4) is 0 Å². The molecule has 1 N–H and O–H groups in total. The first-order valence-electron chi connectivity index (χ1n) is 5.86. The standard InChI is InChI=1S/C12H18N2O3/c1-13-4-2-10(12(15)16)11(13)3-5-14-6-8-17-9-7-14/h2,4H,3,5-9H2,1H3,(H,15,16). The summed E-state index contributed by atoms with van der Waals surface area (Å²) in [5, 5.41) is 9.07. The number of hydrogen-bond acceptors (Lipinski definition) is 3. The molecule has 0 saturated carbocycles. The lowest BCUT2D eigenvalue weighted by molar-refractivity contribution is 0.0382. The van der Waals surface area contributed by atoms with E-state index in [1.807, 2.05) is 11.6 Å². The smallest absolute Gasteiger partial charge is 0.337 e. The van der Waals surface area contributed by atoms with Gasteiger partial charge in [0.1, 0.15) is 0 Å². The van der Waals surface area contributed by atoms with Gasteiger partial charge in [-0.25, -0.2) is 4.79 Å². The van der Waals surface area contributed by atoms with Gasteiger partial charge >= 0.3 is 5.97 Å². The van der Waals surface area contributed by atoms with Gasteiger partial charge in [0.05, 0.1) is 18.8 Å². The molecule has 1 saturated heterocycles. The maximum atomic E-state index is 11.0. The average molecular weight is 238 g/mol. The lowest BCUT2D eigenvalue weighted by Gasteiger charge is -2.26. The van der Waals surface area contributed by atoms with E-state index in [0.717, 1.165) is 45.0 Å². The predicted molar refractivity (Wildman–Crippen MR) is 63.3 cm³/mol. The molecule has 0 radical (unpaired) electrons. The largest absolute Gasteiger partial charge is 0.478 e. The Morgan fingerprint density at radius 1 is 1.47 bits per heavy atom. The molecule has 94 valence electrons. The fraction of sp³-hybridized carbons (Fsp3) is 0.583. The quantitative estimate of drug-likeness (QED) is 0.834. The van der Waals surface area contributed by atoms with Crippen LogP contribution in [0.25, 0.3) is 0 Å². The van der Waals surface area contributed by atoms with Gasteiger partial charge in [0.25, 0.3) is 0 Å². The van der Waals surface area contributed by atoms with Crippen LogP contribution < -0.4 is 0 Å². The zero-order valence-electron chi connectivity index (χ0n) is 10.1. The molecule has 5 heteroatoms. The van der Waals surface area contributed by atoms with Crippen molar-refractivity contribution in [2.45, 2.75) is 6.42 Å². The highest BCUT2D eigenvalue weighted by Gasteiger charge is 2.15. The number of aromatic carboxylic acids is 1. The number of morpholine rings is 1. The number of hydrogen-bond donors (Lipinski definition) is 1. The summed E-state index contributed by atoms with van der Waals surface area (Å²) >= 11 is 0. The highest BCUT2D eigenvalue weighted by atomic mass is 16.5. The number of aryl methyl sites for hydroxylation is 1. The summed E-state index contributed by atoms with van der Waals surface area (Å²) < 4.78 is 7.17. The van der Waals surface area contributed by atoms with Gasteiger partial charge in [-0.1, -0.05) is 0 Å². The van der Waals surface area contributed by atoms with Crippen molar-refractivity contribution in [3.8, 4) is 0 Å². The molecular formula is C12H18N2O3. The third kappa shape index (κ3) is 2.87. The van der Waals surface area contributed by atoms with Crippen LogP contribution in [0, 0.1) is 0 Å². The van der Waals surface area contributed by atoms with Gasteiger partial charge in [-0.15, -0.1) is 0 Å². The molecule has 1 fully saturated rings. The molecule has 1 aromatic heterocycles. The van der Waals surface area contributed by atoms with E-state index in [9.17, 15) is 4.79 Å². The SMILES string of the molecule is Cn1ccc(C(=O)O)c1CCN1CCOCC1. The summed E-state index contributed by atoms with van der Waals surface area (Å²) in [4.78, 5) is 13.3. The lowest BCUT2D eigenvalue weighted by atomic mass is 10.2. The zero-order chi connectivity index (χ0) is 12.3. The van der Waals surface area contributed by atoms with Gasteiger partial charge < -0.3 is 14.4 Å². The van der Waals surface area contributed by atoms with Crippen LogP contribution in [0.1, 0.15) is 16.1 Å². The number of carbonyl (C=O) groups is 1. The number of carboxylic acid groups (broad SMARTS) is 1. The summed E-state index contributed by atoms with van der Waals surface area (Å²) in [5.74, 6) is -0.845. The maximum absolute atomic E-state index is 11.0. The molecule has 0 amide bonds. The van der Waals surface area contributed by atoms with E-state index in [1.165, 1.54) is 0 Å². The van der Waals surface area contributed by atoms with Gasteiger partial charge in [-0.3, -0.25) is 4.90 Å². The number of ether oxygens (including phenoxy) is 1. The van der Waals surface area contributed by atoms with Crippen LogP contribution in [0.2, 0.25) is 0 Å². The first-order valence-corrected chi connectivity index (χ1v) is 5.86. The second-order valence-corrected chi connectivity index (χ2v) is 4.30. The second-order valence-electron chi connectivity index (χ2n) is 4.30. The van der Waals surface area contributed by atoms with Crippen LogP contribution in [0.15, 0.2) is 12.3 Å². The van der Waals surface area contributed by atoms with Crippen LogP contribution in [-0.2, 0) is 18.2 Å². The minimum atomic E-state index is -0.845. The first-order chi connectivity index (χ1) is 8.18. The summed E-state index contributed by atoms with van der Waals surface area (Å²) in [6.07, 6.45) is 2.57. The molecule has 0 atom stereocenters. The normalized spacial score (nSPS) is 17.2. The van der Waals surface area contributed by atoms with Gasteiger partial charge in [0.2, 0.25) is 0 Å². The van der Waals surface area contributed by atoms with Gasteiger partial charge in [-0.2, -0.15) is 0 Å². The van der Waals surface area contributed by atoms with Crippen molar-refractivity contribution in [1.29, 1.82) is 0 Å². The molecule has 0 aliphatic carbocycles. The third-order valence-electron chi connectivity index (χ3n) is 3.20. The van der Waals surface area contributed by atoms with E-state index >= 15 is 0 Å². The molecule has 0 unspecified atom stereocenters. The van der Waals surface area contributed by atoms with Crippen LogP contribution in [0.5, 0.6) is 0 Å². The maximum Gasteiger partial charge on any atom is 0.337 e. The summed E-state index contributed by atoms with van der Waals surface area (Å²) in [6, 6.07) is 1.66. The molecule has 1 aromatic rings. The minimum absolute atomic E-state index is 0.417. The van der Waals surface area contributed by atoms with Crippen LogP contribution in [-0.4, -0.2) is 53.4 Å². The topological polar surface area (TPSA) is 54.7 Å². The van der Waals surface area contributed by atoms with Crippen molar-refractivity contribution in [1.82, 2.24) is 9.47 Å². The number of carboxylic acids is 1. The first kappa shape index (κ1) is 12.1. The van der Waals surface area contributed by atoms with Crippen LogP contribution in [0.4, 0.5) is 0 Å². The van der Waals surface area contributed by atoms with Crippen molar-refractivity contribution < 1.29 is 14.6 Å². The fourth-order valence-corrected chi connectivity index (χ4v) is 2.16. The molecule has 1 aliphatic rings. The van der Waals surface area contributed by atoms with Gasteiger partial charge in [0.15, 0.2) is 0 Å². The van der Waals surface area contributed by atoms with Crippen molar-refractivity contribution in [2.24, 2.45) is 7.05 Å². The Labute approximate surface area is 101 Å². The molecule has 2 rings (SSSR count). The molecule has 2 heterocycles. The van der Waals surface area contributed by atoms with Crippen molar-refractivity contribution in [3.63, 3.8) is 0 Å². The minimum Gasteiger partial charge on any atom is -0.478 e. The highest BCUT2D eigenvalue weighted by Crippen LogP contribution is 2.12. The Kier molecular flexibility index (Phi) is 3.81. The number of rotatable bonds is 4. The predicted octanol–water partition coefficient (Wildman–Crippen LogP) is 0.598. The van der Waals surface area contributed by atoms with Gasteiger partial charge in [0, 0.05) is 45.0 Å². The Morgan fingerprint density at radius 3 is 2.82 bits per heavy atom. The highest BCUT2D eigenvalue weighted by molar-refractivity contribution is 5.89. The molecular weight excluding hydrogens is 220 g/mol. The van der Waals surface area contributed by atoms with Crippen molar-refractivity contribution in [2.75, 3.05) is 32.8 Å². The van der Waals surface area contributed by atoms with E-state index in [0.29, 0.717) is 5.56 Å². The molecule has 17 heavy (non-hydrogen) atoms. The summed E-state index contributed by atoms with van der Waals surface area (Å²) in [7, 11) is 1.89. The van der Waals surface area contributed by atoms with E-state index < -0.39 is 5.97 Å². The third-order valence-corrected chi connectivity index (χ3v) is 3.20. The van der Waals surface area contributed by atoms with E-state index in [-0.39, 0.29) is 0 Å². The van der Waals surface area contributed by atoms with E-state index in [1.54, 1.807) is 12.3 Å². The summed E-state index contributed by atoms with van der Waals surface area (Å²) in [6.45, 7) is 4.32. The number of aromatic nitrogens is 1. The molecule has 5 nitrogen and oxygen atoms in total. The molecule has 0 aromatic carbocycles. The number of nitrogens with zero attached hydrogens (tertiary/aromatic N) is 2. The Balaban J connectivity index is 1.97. The Bertz CT molecular complexity index is 394. The second kappa shape index (κ2) is 5.33. The molecule has 0 spiro atoms. The Morgan fingerprint density at radius 2 is 2.18 bits per heavy atom. The van der Waals surface area contributed by atoms with E-state index in [2.05, 4.69) is 4.90 Å². The fourth-order valence-electron chi connectivity index (χ4n) is 2.16. The van der Waals surface area contributed by atoms with Gasteiger partial charge in [-0.05, 0) is 6.07 Å². The van der Waals surface area contributed by atoms with Crippen LogP contribution >= 0.6 is 0 Å². The summed E-state index contributed by atoms with van der Waals surface area (Å²) in [5.41, 5.74) is 1.31. The molecule has 1 aliphatic heterocycles. The van der Waals surface area contributed by atoms with E-state index in [4.69, 9.17) is 9.84 Å². The van der Waals surface area contributed by atoms with Crippen molar-refractivity contribution >= 4 is 5.97 Å². The monoisotopic (exact) mass is 238 g/mol. The lowest BCUT2D eigenvalue weighted by Crippen LogP contribution is -2.37. The molecule has 0 bridgehead atoms.